The summed E-state index contributed by atoms with van der Waals surface area (Å²) in [4.78, 5) is 10.9. The Morgan fingerprint density at radius 3 is 2.53 bits per heavy atom. The molecule has 0 aliphatic heterocycles. The molecule has 0 heterocycles. The monoisotopic (exact) mass is 451 g/mol. The van der Waals surface area contributed by atoms with Crippen molar-refractivity contribution in [3.05, 3.63) is 54.3 Å². The summed E-state index contributed by atoms with van der Waals surface area (Å²) in [5.74, 6) is -2.40. The van der Waals surface area contributed by atoms with Crippen LogP contribution in [0.2, 0.25) is 0 Å². The number of halogens is 1. The van der Waals surface area contributed by atoms with Crippen molar-refractivity contribution in [2.75, 3.05) is 17.1 Å². The Hall–Kier alpha value is -2.98. The van der Waals surface area contributed by atoms with Crippen molar-refractivity contribution in [1.29, 1.82) is 0 Å². The van der Waals surface area contributed by atoms with Gasteiger partial charge in [-0.2, -0.15) is 0 Å². The zero-order chi connectivity index (χ0) is 21.9. The molecule has 0 fully saturated rings. The molecule has 7 nitrogen and oxygen atoms in total. The number of phenols is 1. The molecule has 158 valence electrons. The van der Waals surface area contributed by atoms with Crippen LogP contribution in [-0.4, -0.2) is 37.0 Å². The number of carboxylic acid groups (broad SMARTS) is 1. The lowest BCUT2D eigenvalue weighted by Crippen LogP contribution is -2.14. The SMILES string of the molecule is CCOc1cc(S(=O)(=O)Nc2cc(SCC(=O)O)c(O)c3ccccc23)ccc1F. The van der Waals surface area contributed by atoms with Crippen LogP contribution >= 0.6 is 11.8 Å². The first-order valence-corrected chi connectivity index (χ1v) is 11.2. The van der Waals surface area contributed by atoms with Gasteiger partial charge in [0.25, 0.3) is 10.0 Å². The van der Waals surface area contributed by atoms with E-state index in [1.54, 1.807) is 31.2 Å². The van der Waals surface area contributed by atoms with Crippen molar-refractivity contribution in [3.63, 3.8) is 0 Å². The molecule has 0 saturated carbocycles. The molecule has 0 aliphatic rings. The number of carboxylic acids is 1. The van der Waals surface area contributed by atoms with Crippen LogP contribution in [0.5, 0.6) is 11.5 Å². The third kappa shape index (κ3) is 4.60. The van der Waals surface area contributed by atoms with E-state index in [1.165, 1.54) is 6.07 Å². The predicted molar refractivity (Wildman–Crippen MR) is 112 cm³/mol. The van der Waals surface area contributed by atoms with Crippen LogP contribution in [0.1, 0.15) is 6.92 Å². The largest absolute Gasteiger partial charge is 0.506 e. The number of thioether (sulfide) groups is 1. The lowest BCUT2D eigenvalue weighted by molar-refractivity contribution is -0.133. The van der Waals surface area contributed by atoms with Gasteiger partial charge in [0.05, 0.1) is 27.8 Å². The molecule has 0 bridgehead atoms. The van der Waals surface area contributed by atoms with Crippen LogP contribution in [0, 0.1) is 5.82 Å². The van der Waals surface area contributed by atoms with Crippen LogP contribution in [0.15, 0.2) is 58.3 Å². The summed E-state index contributed by atoms with van der Waals surface area (Å²) in [6.45, 7) is 1.82. The average Bonchev–Trinajstić information content (AvgIpc) is 2.70. The fraction of sp³-hybridized carbons (Fsp3) is 0.150. The van der Waals surface area contributed by atoms with Crippen LogP contribution in [0.3, 0.4) is 0 Å². The highest BCUT2D eigenvalue weighted by atomic mass is 32.2. The van der Waals surface area contributed by atoms with E-state index in [0.717, 1.165) is 30.0 Å². The molecule has 0 amide bonds. The minimum absolute atomic E-state index is 0.139. The number of sulfonamides is 1. The number of nitrogens with one attached hydrogen (secondary N) is 1. The number of hydrogen-bond donors (Lipinski definition) is 3. The predicted octanol–water partition coefficient (Wildman–Crippen LogP) is 4.06. The highest BCUT2D eigenvalue weighted by molar-refractivity contribution is 8.00. The highest BCUT2D eigenvalue weighted by Crippen LogP contribution is 2.40. The molecule has 3 aromatic carbocycles. The number of anilines is 1. The summed E-state index contributed by atoms with van der Waals surface area (Å²) in [5, 5.41) is 20.2. The lowest BCUT2D eigenvalue weighted by Gasteiger charge is -2.15. The second-order valence-corrected chi connectivity index (χ2v) is 8.83. The van der Waals surface area contributed by atoms with Gasteiger partial charge in [-0.25, -0.2) is 12.8 Å². The summed E-state index contributed by atoms with van der Waals surface area (Å²) >= 11 is 0.863. The standard InChI is InChI=1S/C20H18FNO6S2/c1-2-28-17-9-12(7-8-15(17)21)30(26,27)22-16-10-18(29-11-19(23)24)20(25)14-6-4-3-5-13(14)16/h3-10,22,25H,2,11H2,1H3,(H,23,24). The van der Waals surface area contributed by atoms with Crippen LogP contribution in [-0.2, 0) is 14.8 Å². The van der Waals surface area contributed by atoms with E-state index in [-0.39, 0.29) is 39.3 Å². The van der Waals surface area contributed by atoms with E-state index in [9.17, 15) is 22.7 Å². The van der Waals surface area contributed by atoms with E-state index < -0.39 is 21.8 Å². The van der Waals surface area contributed by atoms with E-state index in [2.05, 4.69) is 4.72 Å². The van der Waals surface area contributed by atoms with Gasteiger partial charge in [0, 0.05) is 16.8 Å². The number of phenolic OH excluding ortho intramolecular Hbond substituents is 1. The fourth-order valence-electron chi connectivity index (χ4n) is 2.79. The number of fused-ring (bicyclic) bond motifs is 1. The number of hydrogen-bond acceptors (Lipinski definition) is 6. The Kier molecular flexibility index (Phi) is 6.37. The van der Waals surface area contributed by atoms with Gasteiger partial charge in [0.2, 0.25) is 0 Å². The summed E-state index contributed by atoms with van der Waals surface area (Å²) in [5.41, 5.74) is 0.151. The smallest absolute Gasteiger partial charge is 0.313 e. The van der Waals surface area contributed by atoms with Crippen LogP contribution < -0.4 is 9.46 Å². The number of rotatable bonds is 8. The summed E-state index contributed by atoms with van der Waals surface area (Å²) in [6, 6.07) is 11.1. The molecule has 0 atom stereocenters. The molecule has 0 saturated heterocycles. The van der Waals surface area contributed by atoms with Crippen molar-refractivity contribution in [2.45, 2.75) is 16.7 Å². The number of ether oxygens (including phenoxy) is 1. The van der Waals surface area contributed by atoms with Crippen LogP contribution in [0.4, 0.5) is 10.1 Å². The Balaban J connectivity index is 2.07. The second-order valence-electron chi connectivity index (χ2n) is 6.13. The zero-order valence-electron chi connectivity index (χ0n) is 15.8. The molecule has 3 N–H and O–H groups in total. The summed E-state index contributed by atoms with van der Waals surface area (Å²) < 4.78 is 47.2. The van der Waals surface area contributed by atoms with Gasteiger partial charge in [0.1, 0.15) is 5.75 Å². The van der Waals surface area contributed by atoms with Crippen molar-refractivity contribution >= 4 is 44.2 Å². The first-order valence-electron chi connectivity index (χ1n) is 8.77. The number of aliphatic carboxylic acids is 1. The Morgan fingerprint density at radius 1 is 1.17 bits per heavy atom. The first kappa shape index (κ1) is 21.7. The Morgan fingerprint density at radius 2 is 1.87 bits per heavy atom. The van der Waals surface area contributed by atoms with Gasteiger partial charge in [-0.3, -0.25) is 9.52 Å². The molecular formula is C20H18FNO6S2. The molecule has 30 heavy (non-hydrogen) atoms. The average molecular weight is 451 g/mol. The minimum atomic E-state index is -4.13. The molecule has 10 heteroatoms. The van der Waals surface area contributed by atoms with Gasteiger partial charge < -0.3 is 14.9 Å². The van der Waals surface area contributed by atoms with E-state index in [4.69, 9.17) is 9.84 Å². The number of carbonyl (C=O) groups is 1. The third-order valence-corrected chi connectivity index (χ3v) is 6.47. The Labute approximate surface area is 176 Å². The normalized spacial score (nSPS) is 11.4. The summed E-state index contributed by atoms with van der Waals surface area (Å²) in [6.07, 6.45) is 0. The molecule has 0 spiro atoms. The maximum atomic E-state index is 13.8. The Bertz CT molecular complexity index is 1210. The maximum absolute atomic E-state index is 13.8. The number of benzene rings is 3. The van der Waals surface area contributed by atoms with Crippen LogP contribution in [0.25, 0.3) is 10.8 Å². The second kappa shape index (κ2) is 8.80. The highest BCUT2D eigenvalue weighted by Gasteiger charge is 2.20. The third-order valence-electron chi connectivity index (χ3n) is 4.09. The lowest BCUT2D eigenvalue weighted by atomic mass is 10.1. The van der Waals surface area contributed by atoms with Crippen molar-refractivity contribution in [1.82, 2.24) is 0 Å². The zero-order valence-corrected chi connectivity index (χ0v) is 17.4. The fourth-order valence-corrected chi connectivity index (χ4v) is 4.60. The molecule has 3 aromatic rings. The topological polar surface area (TPSA) is 113 Å². The molecule has 0 unspecified atom stereocenters. The molecule has 0 radical (unpaired) electrons. The molecule has 3 rings (SSSR count). The number of aromatic hydroxyl groups is 1. The molecule has 0 aromatic heterocycles. The molecule has 0 aliphatic carbocycles. The van der Waals surface area contributed by atoms with E-state index in [1.807, 2.05) is 0 Å². The van der Waals surface area contributed by atoms with E-state index >= 15 is 0 Å². The maximum Gasteiger partial charge on any atom is 0.313 e. The molecular weight excluding hydrogens is 433 g/mol. The minimum Gasteiger partial charge on any atom is -0.506 e. The van der Waals surface area contributed by atoms with Gasteiger partial charge in [-0.05, 0) is 25.1 Å². The first-order chi connectivity index (χ1) is 14.2. The van der Waals surface area contributed by atoms with Gasteiger partial charge in [-0.1, -0.05) is 24.3 Å². The van der Waals surface area contributed by atoms with Crippen molar-refractivity contribution in [2.24, 2.45) is 0 Å². The quantitative estimate of drug-likeness (QED) is 0.350. The summed E-state index contributed by atoms with van der Waals surface area (Å²) in [7, 11) is -4.13. The van der Waals surface area contributed by atoms with Gasteiger partial charge in [-0.15, -0.1) is 11.8 Å². The van der Waals surface area contributed by atoms with Gasteiger partial charge >= 0.3 is 5.97 Å². The van der Waals surface area contributed by atoms with Crippen molar-refractivity contribution < 1.29 is 32.6 Å². The van der Waals surface area contributed by atoms with Crippen molar-refractivity contribution in [3.8, 4) is 11.5 Å². The van der Waals surface area contributed by atoms with E-state index in [0.29, 0.717) is 10.8 Å². The van der Waals surface area contributed by atoms with Gasteiger partial charge in [0.15, 0.2) is 11.6 Å².